The summed E-state index contributed by atoms with van der Waals surface area (Å²) in [5.41, 5.74) is 10.1. The third kappa shape index (κ3) is 10.3. The molecule has 1 aromatic rings. The van der Waals surface area contributed by atoms with E-state index in [-0.39, 0.29) is 43.6 Å². The lowest BCUT2D eigenvalue weighted by Gasteiger charge is -2.33. The van der Waals surface area contributed by atoms with E-state index < -0.39 is 47.3 Å². The molecular weight excluding hydrogens is 540 g/mol. The van der Waals surface area contributed by atoms with E-state index in [0.29, 0.717) is 31.4 Å². The van der Waals surface area contributed by atoms with Gasteiger partial charge in [-0.3, -0.25) is 29.0 Å². The van der Waals surface area contributed by atoms with Crippen LogP contribution in [0.25, 0.3) is 0 Å². The predicted octanol–water partition coefficient (Wildman–Crippen LogP) is 0.108. The summed E-state index contributed by atoms with van der Waals surface area (Å²) in [5, 5.41) is 14.0. The zero-order valence-electron chi connectivity index (χ0n) is 25.0. The summed E-state index contributed by atoms with van der Waals surface area (Å²) in [4.78, 5) is 70.2. The highest BCUT2D eigenvalue weighted by Gasteiger charge is 2.38. The summed E-state index contributed by atoms with van der Waals surface area (Å²) in [6.45, 7) is 7.32. The predicted molar refractivity (Wildman–Crippen MR) is 160 cm³/mol. The van der Waals surface area contributed by atoms with Gasteiger partial charge in [-0.05, 0) is 51.0 Å². The molecule has 1 heterocycles. The van der Waals surface area contributed by atoms with Gasteiger partial charge in [0, 0.05) is 19.0 Å². The molecule has 1 saturated heterocycles. The fourth-order valence-electron chi connectivity index (χ4n) is 4.47. The molecule has 1 aromatic carbocycles. The Balaban J connectivity index is 2.42. The lowest BCUT2D eigenvalue weighted by molar-refractivity contribution is -0.137. The molecule has 0 saturated carbocycles. The van der Waals surface area contributed by atoms with Gasteiger partial charge in [-0.2, -0.15) is 0 Å². The van der Waals surface area contributed by atoms with Crippen LogP contribution >= 0.6 is 0 Å². The van der Waals surface area contributed by atoms with Crippen molar-refractivity contribution in [1.82, 2.24) is 26.6 Å². The molecule has 0 aliphatic carbocycles. The maximum Gasteiger partial charge on any atom is 0.247 e. The number of carbonyl (C=O) groups excluding carboxylic acids is 5. The van der Waals surface area contributed by atoms with Crippen molar-refractivity contribution in [2.75, 3.05) is 13.1 Å². The van der Waals surface area contributed by atoms with Gasteiger partial charge in [0.2, 0.25) is 29.5 Å². The van der Waals surface area contributed by atoms with Gasteiger partial charge in [-0.25, -0.2) is 0 Å². The number of aliphatic imine (C=N–C) groups is 1. The van der Waals surface area contributed by atoms with Crippen LogP contribution in [0.5, 0.6) is 0 Å². The molecule has 4 atom stereocenters. The van der Waals surface area contributed by atoms with Gasteiger partial charge < -0.3 is 38.1 Å². The molecule has 1 aliphatic rings. The molecule has 13 heteroatoms. The second-order valence-electron chi connectivity index (χ2n) is 11.0. The number of carbonyl (C=O) groups is 5. The molecular formula is C29H46N8O5. The van der Waals surface area contributed by atoms with Crippen LogP contribution in [0.4, 0.5) is 0 Å². The number of nitrogens with two attached hydrogens (primary N) is 2. The van der Waals surface area contributed by atoms with Gasteiger partial charge in [0.05, 0.1) is 0 Å². The maximum absolute atomic E-state index is 13.6. The van der Waals surface area contributed by atoms with Crippen LogP contribution in [-0.4, -0.2) is 66.2 Å². The van der Waals surface area contributed by atoms with E-state index in [1.165, 1.54) is 0 Å². The number of nitrogens with one attached hydrogen (secondary N) is 5. The zero-order chi connectivity index (χ0) is 31.3. The van der Waals surface area contributed by atoms with E-state index in [4.69, 9.17) is 11.5 Å². The Labute approximate surface area is 247 Å². The van der Waals surface area contributed by atoms with Crippen LogP contribution in [-0.2, 0) is 24.0 Å². The summed E-state index contributed by atoms with van der Waals surface area (Å²) in [6.07, 6.45) is 2.05. The normalized spacial score (nSPS) is 24.5. The number of nitrogens with zero attached hydrogens (tertiary/aromatic N) is 1. The van der Waals surface area contributed by atoms with Gasteiger partial charge in [0.1, 0.15) is 23.7 Å². The minimum atomic E-state index is -1.32. The summed E-state index contributed by atoms with van der Waals surface area (Å²) in [7, 11) is 0. The van der Waals surface area contributed by atoms with Crippen molar-refractivity contribution in [3.8, 4) is 0 Å². The van der Waals surface area contributed by atoms with Crippen LogP contribution in [0, 0.1) is 5.92 Å². The smallest absolute Gasteiger partial charge is 0.247 e. The Bertz CT molecular complexity index is 1120. The molecule has 2 rings (SSSR count). The fourth-order valence-corrected chi connectivity index (χ4v) is 4.47. The molecule has 1 fully saturated rings. The Hall–Kier alpha value is -4.16. The highest BCUT2D eigenvalue weighted by Crippen LogP contribution is 2.18. The summed E-state index contributed by atoms with van der Waals surface area (Å²) in [6, 6.07) is 5.86. The molecule has 0 spiro atoms. The number of guanidine groups is 1. The largest absolute Gasteiger partial charge is 0.370 e. The number of hydrogen-bond acceptors (Lipinski definition) is 6. The van der Waals surface area contributed by atoms with Crippen molar-refractivity contribution < 1.29 is 24.0 Å². The number of benzene rings is 1. The molecule has 42 heavy (non-hydrogen) atoms. The fraction of sp³-hybridized carbons (Fsp3) is 0.586. The Morgan fingerprint density at radius 3 is 2.29 bits per heavy atom. The van der Waals surface area contributed by atoms with Crippen molar-refractivity contribution in [2.24, 2.45) is 22.4 Å². The van der Waals surface area contributed by atoms with Crippen molar-refractivity contribution in [2.45, 2.75) is 89.9 Å². The summed E-state index contributed by atoms with van der Waals surface area (Å²) in [5.74, 6) is -2.82. The molecule has 0 aromatic heterocycles. The topological polar surface area (TPSA) is 210 Å². The quantitative estimate of drug-likeness (QED) is 0.127. The monoisotopic (exact) mass is 586 g/mol. The lowest BCUT2D eigenvalue weighted by Crippen LogP contribution is -2.62. The second kappa shape index (κ2) is 16.3. The summed E-state index contributed by atoms with van der Waals surface area (Å²) >= 11 is 0. The lowest BCUT2D eigenvalue weighted by atomic mass is 9.91. The molecule has 5 amide bonds. The van der Waals surface area contributed by atoms with E-state index in [0.717, 1.165) is 0 Å². The van der Waals surface area contributed by atoms with E-state index >= 15 is 0 Å². The molecule has 13 nitrogen and oxygen atoms in total. The van der Waals surface area contributed by atoms with Gasteiger partial charge in [0.15, 0.2) is 5.96 Å². The van der Waals surface area contributed by atoms with Crippen LogP contribution in [0.1, 0.15) is 77.8 Å². The Kier molecular flexibility index (Phi) is 13.2. The molecule has 232 valence electrons. The highest BCUT2D eigenvalue weighted by molar-refractivity contribution is 5.97. The molecule has 0 bridgehead atoms. The maximum atomic E-state index is 13.6. The second-order valence-corrected chi connectivity index (χ2v) is 11.0. The third-order valence-electron chi connectivity index (χ3n) is 7.12. The number of amides is 5. The first kappa shape index (κ1) is 34.0. The van der Waals surface area contributed by atoms with E-state index in [1.807, 2.05) is 6.07 Å². The van der Waals surface area contributed by atoms with Gasteiger partial charge in [0.25, 0.3) is 0 Å². The third-order valence-corrected chi connectivity index (χ3v) is 7.12. The van der Waals surface area contributed by atoms with Crippen LogP contribution in [0.2, 0.25) is 0 Å². The first-order valence-corrected chi connectivity index (χ1v) is 14.5. The summed E-state index contributed by atoms with van der Waals surface area (Å²) < 4.78 is 0. The van der Waals surface area contributed by atoms with Gasteiger partial charge in [-0.1, -0.05) is 51.1 Å². The average molecular weight is 587 g/mol. The van der Waals surface area contributed by atoms with Crippen LogP contribution in [0.3, 0.4) is 0 Å². The molecule has 0 radical (unpaired) electrons. The first-order valence-electron chi connectivity index (χ1n) is 14.5. The minimum Gasteiger partial charge on any atom is -0.370 e. The number of rotatable bonds is 8. The Morgan fingerprint density at radius 1 is 1.00 bits per heavy atom. The van der Waals surface area contributed by atoms with E-state index in [1.54, 1.807) is 52.0 Å². The van der Waals surface area contributed by atoms with Crippen LogP contribution < -0.4 is 38.1 Å². The molecule has 1 aliphatic heterocycles. The highest BCUT2D eigenvalue weighted by atomic mass is 16.2. The molecule has 9 N–H and O–H groups in total. The zero-order valence-corrected chi connectivity index (χ0v) is 25.0. The first-order chi connectivity index (χ1) is 19.9. The SMILES string of the molecule is CCC1NC(=O)C(CCCN=C(N)N)NC(=O)[C@](C)(NC(=O)C(C)C)CCCCNC(=O)[C@@H](c2ccccc2)NC1=O. The Morgan fingerprint density at radius 2 is 1.67 bits per heavy atom. The van der Waals surface area contributed by atoms with Gasteiger partial charge >= 0.3 is 0 Å². The minimum absolute atomic E-state index is 0.0924. The van der Waals surface area contributed by atoms with Crippen molar-refractivity contribution in [3.05, 3.63) is 35.9 Å². The number of hydrogen-bond donors (Lipinski definition) is 7. The van der Waals surface area contributed by atoms with Crippen LogP contribution in [0.15, 0.2) is 35.3 Å². The van der Waals surface area contributed by atoms with Crippen molar-refractivity contribution in [3.63, 3.8) is 0 Å². The van der Waals surface area contributed by atoms with E-state index in [2.05, 4.69) is 31.6 Å². The van der Waals surface area contributed by atoms with Crippen molar-refractivity contribution >= 4 is 35.5 Å². The molecule has 2 unspecified atom stereocenters. The standard InChI is InChI=1S/C29H46N8O5/c1-5-20-24(39)36-22(19-12-7-6-8-13-19)26(41)32-16-10-9-15-29(4,37-23(38)18(2)3)27(42)35-21(25(40)34-20)14-11-17-33-28(30)31/h6-8,12-13,18,20-22H,5,9-11,14-17H2,1-4H3,(H,32,41)(H,34,40)(H,35,42)(H,36,39)(H,37,38)(H4,30,31,33)/t20?,21?,22-,29-/m1/s1. The average Bonchev–Trinajstić information content (AvgIpc) is 2.95. The van der Waals surface area contributed by atoms with Crippen molar-refractivity contribution in [1.29, 1.82) is 0 Å². The van der Waals surface area contributed by atoms with E-state index in [9.17, 15) is 24.0 Å². The van der Waals surface area contributed by atoms with Gasteiger partial charge in [-0.15, -0.1) is 0 Å².